The largest absolute Gasteiger partial charge is 0.267 e. The first-order valence-corrected chi connectivity index (χ1v) is 9.30. The van der Waals surface area contributed by atoms with E-state index in [0.29, 0.717) is 21.7 Å². The van der Waals surface area contributed by atoms with Crippen LogP contribution in [0.5, 0.6) is 0 Å². The molecular weight excluding hydrogens is 409 g/mol. The Morgan fingerprint density at radius 3 is 2.46 bits per heavy atom. The van der Waals surface area contributed by atoms with Crippen molar-refractivity contribution in [2.45, 2.75) is 11.4 Å². The Kier molecular flexibility index (Phi) is 5.12. The number of hydrogen-bond acceptors (Lipinski definition) is 4. The van der Waals surface area contributed by atoms with Crippen molar-refractivity contribution in [3.8, 4) is 0 Å². The summed E-state index contributed by atoms with van der Waals surface area (Å²) in [5.41, 5.74) is 0.583. The van der Waals surface area contributed by atoms with E-state index in [4.69, 9.17) is 23.2 Å². The molecule has 3 rings (SSSR count). The number of halogens is 4. The lowest BCUT2D eigenvalue weighted by atomic mass is 10.2. The van der Waals surface area contributed by atoms with Crippen LogP contribution in [0.15, 0.2) is 47.6 Å². The molecule has 136 valence electrons. The Morgan fingerprint density at radius 1 is 1.12 bits per heavy atom. The summed E-state index contributed by atoms with van der Waals surface area (Å²) >= 11 is 12.1. The van der Waals surface area contributed by atoms with Gasteiger partial charge in [-0.3, -0.25) is 0 Å². The van der Waals surface area contributed by atoms with E-state index >= 15 is 0 Å². The number of benzene rings is 2. The fourth-order valence-corrected chi connectivity index (χ4v) is 3.65. The first-order chi connectivity index (χ1) is 12.3. The van der Waals surface area contributed by atoms with Gasteiger partial charge >= 0.3 is 0 Å². The molecular formula is C15H10Cl2F2N4O2S. The predicted octanol–water partition coefficient (Wildman–Crippen LogP) is 3.71. The molecule has 2 aromatic carbocycles. The van der Waals surface area contributed by atoms with E-state index in [0.717, 1.165) is 12.1 Å². The molecule has 0 bridgehead atoms. The van der Waals surface area contributed by atoms with Crippen LogP contribution < -0.4 is 4.72 Å². The van der Waals surface area contributed by atoms with Gasteiger partial charge in [-0.05, 0) is 24.3 Å². The molecule has 0 saturated carbocycles. The lowest BCUT2D eigenvalue weighted by Gasteiger charge is -2.07. The van der Waals surface area contributed by atoms with Crippen LogP contribution in [0.2, 0.25) is 10.0 Å². The fraction of sp³-hybridized carbons (Fsp3) is 0.0667. The van der Waals surface area contributed by atoms with Crippen molar-refractivity contribution in [1.82, 2.24) is 14.8 Å². The smallest absolute Gasteiger partial charge is 0.246 e. The Balaban J connectivity index is 1.82. The number of aromatic nitrogens is 3. The van der Waals surface area contributed by atoms with Gasteiger partial charge in [-0.2, -0.15) is 4.98 Å². The van der Waals surface area contributed by atoms with Gasteiger partial charge in [0.25, 0.3) is 16.0 Å². The molecule has 1 heterocycles. The standard InChI is InChI=1S/C15H10Cl2F2N4O2S/c16-11-2-1-3-12(17)10(11)7-23-8-20-15(21-23)22-26(24,25)14-5-4-9(18)6-13(14)19/h1-6,8H,7H2,(H,21,22). The van der Waals surface area contributed by atoms with Crippen LogP contribution >= 0.6 is 23.2 Å². The van der Waals surface area contributed by atoms with Crippen molar-refractivity contribution < 1.29 is 17.2 Å². The summed E-state index contributed by atoms with van der Waals surface area (Å²) in [6.07, 6.45) is 1.26. The summed E-state index contributed by atoms with van der Waals surface area (Å²) in [5, 5.41) is 4.79. The number of rotatable bonds is 5. The third-order valence-corrected chi connectivity index (χ3v) is 5.40. The average molecular weight is 419 g/mol. The van der Waals surface area contributed by atoms with Gasteiger partial charge < -0.3 is 0 Å². The number of nitrogens with one attached hydrogen (secondary N) is 1. The molecule has 0 saturated heterocycles. The molecule has 0 fully saturated rings. The zero-order valence-corrected chi connectivity index (χ0v) is 15.2. The second-order valence-electron chi connectivity index (χ2n) is 5.15. The van der Waals surface area contributed by atoms with Gasteiger partial charge in [0.05, 0.1) is 6.54 Å². The zero-order valence-electron chi connectivity index (χ0n) is 12.8. The molecule has 0 spiro atoms. The predicted molar refractivity (Wildman–Crippen MR) is 92.8 cm³/mol. The van der Waals surface area contributed by atoms with Crippen molar-refractivity contribution in [2.75, 3.05) is 4.72 Å². The lowest BCUT2D eigenvalue weighted by molar-refractivity contribution is 0.551. The molecule has 3 aromatic rings. The van der Waals surface area contributed by atoms with E-state index in [1.165, 1.54) is 11.0 Å². The topological polar surface area (TPSA) is 76.9 Å². The minimum Gasteiger partial charge on any atom is -0.246 e. The van der Waals surface area contributed by atoms with Gasteiger partial charge in [0, 0.05) is 21.7 Å². The maximum atomic E-state index is 13.7. The van der Waals surface area contributed by atoms with Gasteiger partial charge in [-0.15, -0.1) is 5.10 Å². The van der Waals surface area contributed by atoms with E-state index in [9.17, 15) is 17.2 Å². The van der Waals surface area contributed by atoms with Crippen LogP contribution in [0.25, 0.3) is 0 Å². The molecule has 1 N–H and O–H groups in total. The molecule has 0 aliphatic heterocycles. The van der Waals surface area contributed by atoms with Gasteiger partial charge in [0.1, 0.15) is 22.9 Å². The maximum absolute atomic E-state index is 13.7. The number of nitrogens with zero attached hydrogens (tertiary/aromatic N) is 3. The second-order valence-corrected chi connectivity index (χ2v) is 7.61. The van der Waals surface area contributed by atoms with E-state index in [1.54, 1.807) is 18.2 Å². The number of hydrogen-bond donors (Lipinski definition) is 1. The minimum atomic E-state index is -4.32. The van der Waals surface area contributed by atoms with Crippen LogP contribution in [0.4, 0.5) is 14.7 Å². The Hall–Kier alpha value is -2.23. The van der Waals surface area contributed by atoms with E-state index < -0.39 is 26.6 Å². The molecule has 26 heavy (non-hydrogen) atoms. The SMILES string of the molecule is O=S(=O)(Nc1ncn(Cc2c(Cl)cccc2Cl)n1)c1ccc(F)cc1F. The second kappa shape index (κ2) is 7.18. The van der Waals surface area contributed by atoms with Crippen LogP contribution in [0, 0.1) is 11.6 Å². The Morgan fingerprint density at radius 2 is 1.81 bits per heavy atom. The molecule has 0 amide bonds. The Bertz CT molecular complexity index is 1050. The first kappa shape index (κ1) is 18.6. The highest BCUT2D eigenvalue weighted by Gasteiger charge is 2.21. The third kappa shape index (κ3) is 3.95. The monoisotopic (exact) mass is 418 g/mol. The van der Waals surface area contributed by atoms with Crippen molar-refractivity contribution >= 4 is 39.2 Å². The van der Waals surface area contributed by atoms with E-state index in [1.807, 2.05) is 4.72 Å². The molecule has 0 unspecified atom stereocenters. The van der Waals surface area contributed by atoms with Crippen LogP contribution in [-0.4, -0.2) is 23.2 Å². The fourth-order valence-electron chi connectivity index (χ4n) is 2.13. The summed E-state index contributed by atoms with van der Waals surface area (Å²) in [6.45, 7) is 0.151. The van der Waals surface area contributed by atoms with Gasteiger partial charge in [0.2, 0.25) is 0 Å². The van der Waals surface area contributed by atoms with Crippen LogP contribution in [-0.2, 0) is 16.6 Å². The molecule has 0 aliphatic rings. The molecule has 6 nitrogen and oxygen atoms in total. The van der Waals surface area contributed by atoms with Crippen molar-refractivity contribution in [2.24, 2.45) is 0 Å². The molecule has 11 heteroatoms. The quantitative estimate of drug-likeness (QED) is 0.684. The van der Waals surface area contributed by atoms with Crippen LogP contribution in [0.3, 0.4) is 0 Å². The highest BCUT2D eigenvalue weighted by atomic mass is 35.5. The summed E-state index contributed by atoms with van der Waals surface area (Å²) < 4.78 is 54.4. The van der Waals surface area contributed by atoms with Gasteiger partial charge in [0.15, 0.2) is 0 Å². The third-order valence-electron chi connectivity index (χ3n) is 3.33. The number of anilines is 1. The van der Waals surface area contributed by atoms with E-state index in [2.05, 4.69) is 10.1 Å². The van der Waals surface area contributed by atoms with Crippen LogP contribution in [0.1, 0.15) is 5.56 Å². The average Bonchev–Trinajstić information content (AvgIpc) is 2.97. The summed E-state index contributed by atoms with van der Waals surface area (Å²) in [7, 11) is -4.32. The van der Waals surface area contributed by atoms with Gasteiger partial charge in [-0.1, -0.05) is 29.3 Å². The molecule has 0 aliphatic carbocycles. The normalized spacial score (nSPS) is 11.5. The van der Waals surface area contributed by atoms with Crippen molar-refractivity contribution in [3.63, 3.8) is 0 Å². The van der Waals surface area contributed by atoms with Crippen molar-refractivity contribution in [1.29, 1.82) is 0 Å². The van der Waals surface area contributed by atoms with Crippen molar-refractivity contribution in [3.05, 3.63) is 70.0 Å². The first-order valence-electron chi connectivity index (χ1n) is 7.06. The lowest BCUT2D eigenvalue weighted by Crippen LogP contribution is -2.16. The molecule has 0 atom stereocenters. The highest BCUT2D eigenvalue weighted by molar-refractivity contribution is 7.92. The summed E-state index contributed by atoms with van der Waals surface area (Å²) in [4.78, 5) is 3.09. The summed E-state index contributed by atoms with van der Waals surface area (Å²) in [6, 6.07) is 7.12. The summed E-state index contributed by atoms with van der Waals surface area (Å²) in [5.74, 6) is -2.39. The maximum Gasteiger partial charge on any atom is 0.267 e. The highest BCUT2D eigenvalue weighted by Crippen LogP contribution is 2.25. The molecule has 1 aromatic heterocycles. The molecule has 0 radical (unpaired) electrons. The van der Waals surface area contributed by atoms with Gasteiger partial charge in [-0.25, -0.2) is 26.6 Å². The minimum absolute atomic E-state index is 0.151. The Labute approximate surface area is 157 Å². The number of sulfonamides is 1. The zero-order chi connectivity index (χ0) is 18.9. The van der Waals surface area contributed by atoms with E-state index in [-0.39, 0.29) is 12.5 Å².